The highest BCUT2D eigenvalue weighted by Gasteiger charge is 2.53. The van der Waals surface area contributed by atoms with Crippen molar-refractivity contribution in [3.05, 3.63) is 143 Å². The van der Waals surface area contributed by atoms with Gasteiger partial charge in [-0.25, -0.2) is 4.79 Å². The van der Waals surface area contributed by atoms with Crippen molar-refractivity contribution in [3.63, 3.8) is 0 Å². The molecule has 3 N–H and O–H groups in total. The summed E-state index contributed by atoms with van der Waals surface area (Å²) in [5.41, 5.74) is 4.88. The van der Waals surface area contributed by atoms with Crippen LogP contribution in [0.5, 0.6) is 0 Å². The molecule has 5 rings (SSSR count). The van der Waals surface area contributed by atoms with Crippen LogP contribution in [0.4, 0.5) is 4.79 Å². The normalized spacial score (nSPS) is 18.5. The molecule has 4 aromatic rings. The second-order valence-corrected chi connectivity index (χ2v) is 13.0. The van der Waals surface area contributed by atoms with Crippen LogP contribution in [0.25, 0.3) is 0 Å². The van der Waals surface area contributed by atoms with Gasteiger partial charge in [0.15, 0.2) is 0 Å². The van der Waals surface area contributed by atoms with Crippen molar-refractivity contribution in [1.29, 1.82) is 0 Å². The predicted octanol–water partition coefficient (Wildman–Crippen LogP) is 5.52. The van der Waals surface area contributed by atoms with Gasteiger partial charge in [0.25, 0.3) is 0 Å². The van der Waals surface area contributed by atoms with E-state index in [9.17, 15) is 24.5 Å². The average Bonchev–Trinajstić information content (AvgIpc) is 3.01. The van der Waals surface area contributed by atoms with Gasteiger partial charge in [0.05, 0.1) is 13.2 Å². The SMILES string of the molecule is O=C1N(Cc2ccc(CO)cc2)[C@@H](Cc2ccccc2)P(=O)(O)[C@H](Cc2ccccc2)N1Cc1ccc(CO)cc1. The summed E-state index contributed by atoms with van der Waals surface area (Å²) in [6.45, 7) is 0.139. The molecule has 41 heavy (non-hydrogen) atoms. The first-order valence-electron chi connectivity index (χ1n) is 13.7. The number of aliphatic hydroxyl groups is 2. The number of aliphatic hydroxyl groups excluding tert-OH is 2. The van der Waals surface area contributed by atoms with Crippen molar-refractivity contribution >= 4 is 13.4 Å². The lowest BCUT2D eigenvalue weighted by Crippen LogP contribution is -2.58. The first-order chi connectivity index (χ1) is 19.9. The van der Waals surface area contributed by atoms with E-state index < -0.39 is 18.9 Å². The van der Waals surface area contributed by atoms with Crippen molar-refractivity contribution in [2.45, 2.75) is 50.7 Å². The van der Waals surface area contributed by atoms with E-state index in [2.05, 4.69) is 0 Å². The van der Waals surface area contributed by atoms with E-state index in [4.69, 9.17) is 0 Å². The summed E-state index contributed by atoms with van der Waals surface area (Å²) < 4.78 is 14.7. The lowest BCUT2D eigenvalue weighted by molar-refractivity contribution is 0.112. The number of carbonyl (C=O) groups is 1. The van der Waals surface area contributed by atoms with E-state index in [1.54, 1.807) is 34.1 Å². The van der Waals surface area contributed by atoms with Crippen LogP contribution in [0.3, 0.4) is 0 Å². The van der Waals surface area contributed by atoms with E-state index in [1.807, 2.05) is 84.9 Å². The molecule has 0 unspecified atom stereocenters. The first kappa shape index (κ1) is 28.8. The zero-order valence-corrected chi connectivity index (χ0v) is 23.7. The van der Waals surface area contributed by atoms with Crippen molar-refractivity contribution in [1.82, 2.24) is 9.80 Å². The second-order valence-electron chi connectivity index (χ2n) is 10.5. The van der Waals surface area contributed by atoms with E-state index in [1.165, 1.54) is 0 Å². The molecule has 8 heteroatoms. The maximum atomic E-state index is 14.7. The van der Waals surface area contributed by atoms with Crippen molar-refractivity contribution < 1.29 is 24.5 Å². The Morgan fingerprint density at radius 1 is 0.537 bits per heavy atom. The van der Waals surface area contributed by atoms with Gasteiger partial charge in [-0.05, 0) is 33.4 Å². The lowest BCUT2D eigenvalue weighted by atomic mass is 10.1. The molecule has 0 spiro atoms. The van der Waals surface area contributed by atoms with Gasteiger partial charge < -0.3 is 24.9 Å². The predicted molar refractivity (Wildman–Crippen MR) is 159 cm³/mol. The van der Waals surface area contributed by atoms with Crippen LogP contribution >= 0.6 is 7.37 Å². The van der Waals surface area contributed by atoms with Gasteiger partial charge >= 0.3 is 6.03 Å². The fourth-order valence-electron chi connectivity index (χ4n) is 5.39. The van der Waals surface area contributed by atoms with Crippen LogP contribution in [0.2, 0.25) is 0 Å². The molecule has 1 aliphatic heterocycles. The van der Waals surface area contributed by atoms with Crippen LogP contribution in [0.1, 0.15) is 33.4 Å². The summed E-state index contributed by atoms with van der Waals surface area (Å²) in [6.07, 6.45) is 0.499. The number of carbonyl (C=O) groups excluding carboxylic acids is 1. The highest BCUT2D eigenvalue weighted by atomic mass is 31.2. The highest BCUT2D eigenvalue weighted by molar-refractivity contribution is 7.59. The molecule has 2 amide bonds. The molecule has 0 radical (unpaired) electrons. The maximum absolute atomic E-state index is 14.7. The van der Waals surface area contributed by atoms with Crippen molar-refractivity contribution in [3.8, 4) is 0 Å². The van der Waals surface area contributed by atoms with Crippen LogP contribution in [-0.2, 0) is 43.7 Å². The lowest BCUT2D eigenvalue weighted by Gasteiger charge is -2.49. The molecule has 1 saturated heterocycles. The van der Waals surface area contributed by atoms with Gasteiger partial charge in [-0.1, -0.05) is 109 Å². The van der Waals surface area contributed by atoms with Gasteiger partial charge in [-0.2, -0.15) is 0 Å². The Labute approximate surface area is 240 Å². The van der Waals surface area contributed by atoms with Crippen molar-refractivity contribution in [2.75, 3.05) is 0 Å². The molecule has 7 nitrogen and oxygen atoms in total. The summed E-state index contributed by atoms with van der Waals surface area (Å²) in [5.74, 6) is -1.84. The smallest absolute Gasteiger partial charge is 0.322 e. The average molecular weight is 571 g/mol. The molecule has 2 atom stereocenters. The topological polar surface area (TPSA) is 101 Å². The number of amides is 2. The minimum absolute atomic E-state index is 0.0879. The van der Waals surface area contributed by atoms with E-state index in [-0.39, 0.29) is 45.2 Å². The zero-order valence-electron chi connectivity index (χ0n) is 22.8. The third-order valence-electron chi connectivity index (χ3n) is 7.70. The van der Waals surface area contributed by atoms with Crippen molar-refractivity contribution in [2.24, 2.45) is 0 Å². The zero-order chi connectivity index (χ0) is 28.8. The molecule has 1 heterocycles. The largest absolute Gasteiger partial charge is 0.392 e. The Kier molecular flexibility index (Phi) is 9.01. The second kappa shape index (κ2) is 12.8. The number of hydrogen-bond acceptors (Lipinski definition) is 4. The molecular weight excluding hydrogens is 535 g/mol. The summed E-state index contributed by atoms with van der Waals surface area (Å²) in [4.78, 5) is 29.6. The quantitative estimate of drug-likeness (QED) is 0.218. The highest BCUT2D eigenvalue weighted by Crippen LogP contribution is 2.59. The molecule has 1 fully saturated rings. The van der Waals surface area contributed by atoms with E-state index in [0.29, 0.717) is 0 Å². The van der Waals surface area contributed by atoms with Crippen LogP contribution < -0.4 is 0 Å². The number of rotatable bonds is 10. The third kappa shape index (κ3) is 6.61. The van der Waals surface area contributed by atoms with Crippen LogP contribution in [0, 0.1) is 0 Å². The minimum atomic E-state index is -4.04. The van der Waals surface area contributed by atoms with Gasteiger partial charge in [-0.3, -0.25) is 4.57 Å². The summed E-state index contributed by atoms with van der Waals surface area (Å²) >= 11 is 0. The molecule has 1 aliphatic rings. The summed E-state index contributed by atoms with van der Waals surface area (Å²) in [7, 11) is -4.04. The number of benzene rings is 4. The Morgan fingerprint density at radius 2 is 0.878 bits per heavy atom. The van der Waals surface area contributed by atoms with E-state index >= 15 is 0 Å². The minimum Gasteiger partial charge on any atom is -0.392 e. The number of urea groups is 1. The number of nitrogens with zero attached hydrogens (tertiary/aromatic N) is 2. The molecule has 0 aromatic heterocycles. The van der Waals surface area contributed by atoms with E-state index in [0.717, 1.165) is 33.4 Å². The third-order valence-corrected chi connectivity index (χ3v) is 10.3. The molecule has 4 aromatic carbocycles. The van der Waals surface area contributed by atoms with Gasteiger partial charge in [0, 0.05) is 25.9 Å². The number of hydrogen-bond donors (Lipinski definition) is 3. The Bertz CT molecular complexity index is 1370. The monoisotopic (exact) mass is 570 g/mol. The summed E-state index contributed by atoms with van der Waals surface area (Å²) in [5, 5.41) is 18.9. The molecule has 0 bridgehead atoms. The van der Waals surface area contributed by atoms with Gasteiger partial charge in [0.1, 0.15) is 11.6 Å². The van der Waals surface area contributed by atoms with Crippen LogP contribution in [-0.4, -0.2) is 42.5 Å². The Balaban J connectivity index is 1.56. The molecule has 212 valence electrons. The first-order valence-corrected chi connectivity index (χ1v) is 15.5. The molecule has 0 saturated carbocycles. The fraction of sp³-hybridized carbons (Fsp3) is 0.242. The standard InChI is InChI=1S/C33H35N2O5P/c36-23-29-15-11-27(12-16-29)21-34-31(19-25-7-3-1-4-8-25)41(39,40)32(20-26-9-5-2-6-10-26)35(33(34)38)22-28-13-17-30(24-37)18-14-28/h1-18,31-32,36-37H,19-24H2,(H,39,40)/t31-,32-/m1/s1. The molecule has 0 aliphatic carbocycles. The van der Waals surface area contributed by atoms with Gasteiger partial charge in [0.2, 0.25) is 7.37 Å². The molecular formula is C33H35N2O5P. The summed E-state index contributed by atoms with van der Waals surface area (Å²) in [6, 6.07) is 33.3. The maximum Gasteiger partial charge on any atom is 0.322 e. The fourth-order valence-corrected chi connectivity index (χ4v) is 7.89. The van der Waals surface area contributed by atoms with Crippen LogP contribution in [0.15, 0.2) is 109 Å². The Morgan fingerprint density at radius 3 is 1.22 bits per heavy atom. The van der Waals surface area contributed by atoms with Gasteiger partial charge in [-0.15, -0.1) is 0 Å². The Hall–Kier alpha value is -3.74.